The summed E-state index contributed by atoms with van der Waals surface area (Å²) < 4.78 is 1.58. The molecule has 0 spiro atoms. The van der Waals surface area contributed by atoms with Crippen LogP contribution in [0, 0.1) is 0 Å². The van der Waals surface area contributed by atoms with Crippen molar-refractivity contribution in [3.63, 3.8) is 0 Å². The smallest absolute Gasteiger partial charge is 0.340 e. The van der Waals surface area contributed by atoms with Crippen LogP contribution in [0.3, 0.4) is 0 Å². The molecule has 1 atom stereocenters. The lowest BCUT2D eigenvalue weighted by molar-refractivity contribution is -0.129. The van der Waals surface area contributed by atoms with Crippen LogP contribution in [-0.4, -0.2) is 37.9 Å². The van der Waals surface area contributed by atoms with Crippen molar-refractivity contribution < 1.29 is 4.79 Å². The number of aromatic amines is 1. The van der Waals surface area contributed by atoms with Gasteiger partial charge in [-0.3, -0.25) is 9.36 Å². The van der Waals surface area contributed by atoms with E-state index in [1.807, 2.05) is 44.2 Å². The number of nitrogens with one attached hydrogen (secondary N) is 1. The van der Waals surface area contributed by atoms with E-state index in [4.69, 9.17) is 0 Å². The summed E-state index contributed by atoms with van der Waals surface area (Å²) in [6.07, 6.45) is 0.837. The van der Waals surface area contributed by atoms with E-state index in [9.17, 15) is 9.59 Å². The van der Waals surface area contributed by atoms with Gasteiger partial charge in [-0.05, 0) is 18.9 Å². The number of thioether (sulfide) groups is 1. The molecule has 0 fully saturated rings. The summed E-state index contributed by atoms with van der Waals surface area (Å²) in [4.78, 5) is 25.9. The molecule has 0 aliphatic carbocycles. The zero-order chi connectivity index (χ0) is 16.8. The maximum Gasteiger partial charge on any atom is 0.343 e. The lowest BCUT2D eigenvalue weighted by Gasteiger charge is -2.21. The van der Waals surface area contributed by atoms with Crippen molar-refractivity contribution in [1.82, 2.24) is 19.7 Å². The molecule has 0 unspecified atom stereocenters. The van der Waals surface area contributed by atoms with Crippen LogP contribution in [0.1, 0.15) is 25.8 Å². The summed E-state index contributed by atoms with van der Waals surface area (Å²) in [5, 5.41) is 6.72. The number of hydrogen-bond acceptors (Lipinski definition) is 4. The van der Waals surface area contributed by atoms with Crippen LogP contribution in [0.15, 0.2) is 40.3 Å². The fourth-order valence-electron chi connectivity index (χ4n) is 2.27. The molecule has 1 aromatic carbocycles. The van der Waals surface area contributed by atoms with E-state index in [1.54, 1.807) is 16.5 Å². The Morgan fingerprint density at radius 3 is 2.74 bits per heavy atom. The van der Waals surface area contributed by atoms with Crippen molar-refractivity contribution in [2.45, 2.75) is 43.8 Å². The van der Waals surface area contributed by atoms with Crippen LogP contribution in [0.25, 0.3) is 0 Å². The van der Waals surface area contributed by atoms with Crippen molar-refractivity contribution in [2.75, 3.05) is 7.05 Å². The molecule has 124 valence electrons. The van der Waals surface area contributed by atoms with E-state index in [0.717, 1.165) is 12.0 Å². The molecule has 23 heavy (non-hydrogen) atoms. The Balaban J connectivity index is 2.01. The molecule has 0 saturated heterocycles. The highest BCUT2D eigenvalue weighted by Gasteiger charge is 2.21. The minimum atomic E-state index is -0.311. The molecule has 0 saturated carbocycles. The van der Waals surface area contributed by atoms with Gasteiger partial charge in [-0.1, -0.05) is 49.0 Å². The van der Waals surface area contributed by atoms with Crippen molar-refractivity contribution in [3.8, 4) is 0 Å². The fourth-order valence-corrected chi connectivity index (χ4v) is 3.26. The number of rotatable bonds is 7. The summed E-state index contributed by atoms with van der Waals surface area (Å²) >= 11 is 1.31. The highest BCUT2D eigenvalue weighted by molar-refractivity contribution is 8.00. The Hall–Kier alpha value is -2.02. The lowest BCUT2D eigenvalue weighted by atomic mass is 10.2. The molecule has 0 bridgehead atoms. The molecule has 1 N–H and O–H groups in total. The van der Waals surface area contributed by atoms with Crippen molar-refractivity contribution >= 4 is 17.7 Å². The van der Waals surface area contributed by atoms with Gasteiger partial charge < -0.3 is 4.90 Å². The largest absolute Gasteiger partial charge is 0.343 e. The Morgan fingerprint density at radius 1 is 1.39 bits per heavy atom. The SMILES string of the molecule is CCCn1c(S[C@@H](C)C(=O)N(C)Cc2ccccc2)n[nH]c1=O. The molecule has 6 nitrogen and oxygen atoms in total. The molecule has 2 rings (SSSR count). The number of nitrogens with zero attached hydrogens (tertiary/aromatic N) is 3. The van der Waals surface area contributed by atoms with Gasteiger partial charge in [-0.15, -0.1) is 5.10 Å². The molecule has 7 heteroatoms. The first-order valence-corrected chi connectivity index (χ1v) is 8.51. The van der Waals surface area contributed by atoms with Gasteiger partial charge in [0.05, 0.1) is 5.25 Å². The van der Waals surface area contributed by atoms with E-state index in [0.29, 0.717) is 18.2 Å². The zero-order valence-electron chi connectivity index (χ0n) is 13.7. The Morgan fingerprint density at radius 2 is 2.09 bits per heavy atom. The van der Waals surface area contributed by atoms with Gasteiger partial charge in [0.15, 0.2) is 5.16 Å². The third-order valence-corrected chi connectivity index (χ3v) is 4.52. The van der Waals surface area contributed by atoms with Crippen LogP contribution in [0.4, 0.5) is 0 Å². The highest BCUT2D eigenvalue weighted by atomic mass is 32.2. The van der Waals surface area contributed by atoms with E-state index < -0.39 is 0 Å². The van der Waals surface area contributed by atoms with Gasteiger partial charge in [0, 0.05) is 20.1 Å². The average Bonchev–Trinajstić information content (AvgIpc) is 2.88. The third kappa shape index (κ3) is 4.48. The molecular weight excluding hydrogens is 312 g/mol. The molecular formula is C16H22N4O2S. The molecule has 0 aliphatic rings. The quantitative estimate of drug-likeness (QED) is 0.787. The maximum atomic E-state index is 12.5. The van der Waals surface area contributed by atoms with Crippen LogP contribution in [0.2, 0.25) is 0 Å². The molecule has 1 heterocycles. The number of amides is 1. The van der Waals surface area contributed by atoms with Crippen molar-refractivity contribution in [3.05, 3.63) is 46.4 Å². The summed E-state index contributed by atoms with van der Waals surface area (Å²) in [6, 6.07) is 9.86. The predicted octanol–water partition coefficient (Wildman–Crippen LogP) is 2.12. The van der Waals surface area contributed by atoms with Crippen molar-refractivity contribution in [2.24, 2.45) is 0 Å². The lowest BCUT2D eigenvalue weighted by Crippen LogP contribution is -2.33. The summed E-state index contributed by atoms with van der Waals surface area (Å²) in [5.74, 6) is 0.0114. The topological polar surface area (TPSA) is 71.0 Å². The van der Waals surface area contributed by atoms with Gasteiger partial charge in [0.2, 0.25) is 5.91 Å². The zero-order valence-corrected chi connectivity index (χ0v) is 14.5. The number of carbonyl (C=O) groups excluding carboxylic acids is 1. The third-order valence-electron chi connectivity index (χ3n) is 3.44. The molecule has 0 radical (unpaired) electrons. The van der Waals surface area contributed by atoms with Gasteiger partial charge in [-0.2, -0.15) is 0 Å². The normalized spacial score (nSPS) is 12.1. The molecule has 0 aliphatic heterocycles. The average molecular weight is 334 g/mol. The number of benzene rings is 1. The van der Waals surface area contributed by atoms with Crippen molar-refractivity contribution in [1.29, 1.82) is 0 Å². The van der Waals surface area contributed by atoms with Gasteiger partial charge in [0.25, 0.3) is 0 Å². The van der Waals surface area contributed by atoms with E-state index in [2.05, 4.69) is 10.2 Å². The Kier molecular flexibility index (Phi) is 6.04. The maximum absolute atomic E-state index is 12.5. The molecule has 2 aromatic rings. The minimum Gasteiger partial charge on any atom is -0.340 e. The number of hydrogen-bond donors (Lipinski definition) is 1. The Labute approximate surface area is 139 Å². The van der Waals surface area contributed by atoms with E-state index in [1.165, 1.54) is 11.8 Å². The monoisotopic (exact) mass is 334 g/mol. The highest BCUT2D eigenvalue weighted by Crippen LogP contribution is 2.22. The molecule has 1 aromatic heterocycles. The van der Waals surface area contributed by atoms with Crippen LogP contribution >= 0.6 is 11.8 Å². The minimum absolute atomic E-state index is 0.0114. The van der Waals surface area contributed by atoms with Gasteiger partial charge in [-0.25, -0.2) is 9.89 Å². The standard InChI is InChI=1S/C16H22N4O2S/c1-4-10-20-15(22)17-18-16(20)23-12(2)14(21)19(3)11-13-8-6-5-7-9-13/h5-9,12H,4,10-11H2,1-3H3,(H,17,22)/t12-/m0/s1. The first-order valence-electron chi connectivity index (χ1n) is 7.63. The number of H-pyrrole nitrogens is 1. The fraction of sp³-hybridized carbons (Fsp3) is 0.438. The number of carbonyl (C=O) groups is 1. The summed E-state index contributed by atoms with van der Waals surface area (Å²) in [7, 11) is 1.79. The van der Waals surface area contributed by atoms with Gasteiger partial charge >= 0.3 is 5.69 Å². The van der Waals surface area contributed by atoms with E-state index in [-0.39, 0.29) is 16.8 Å². The first-order chi connectivity index (χ1) is 11.0. The second-order valence-electron chi connectivity index (χ2n) is 5.40. The first kappa shape index (κ1) is 17.3. The summed E-state index contributed by atoms with van der Waals surface area (Å²) in [5.41, 5.74) is 0.856. The summed E-state index contributed by atoms with van der Waals surface area (Å²) in [6.45, 7) is 4.99. The Bertz CT molecular complexity index is 696. The predicted molar refractivity (Wildman–Crippen MR) is 91.4 cm³/mol. The second kappa shape index (κ2) is 8.01. The van der Waals surface area contributed by atoms with E-state index >= 15 is 0 Å². The van der Waals surface area contributed by atoms with Gasteiger partial charge in [0.1, 0.15) is 0 Å². The molecule has 1 amide bonds. The van der Waals surface area contributed by atoms with Crippen LogP contribution < -0.4 is 5.69 Å². The van der Waals surface area contributed by atoms with Crippen LogP contribution in [0.5, 0.6) is 0 Å². The second-order valence-corrected chi connectivity index (χ2v) is 6.71. The van der Waals surface area contributed by atoms with Crippen LogP contribution in [-0.2, 0) is 17.9 Å². The number of aromatic nitrogens is 3.